The molecule has 0 fully saturated rings. The molecule has 0 radical (unpaired) electrons. The summed E-state index contributed by atoms with van der Waals surface area (Å²) in [5.41, 5.74) is 6.03. The summed E-state index contributed by atoms with van der Waals surface area (Å²) >= 11 is 4.82. The number of nitrogens with two attached hydrogens (primary N) is 1. The number of pyridine rings is 1. The molecule has 0 bridgehead atoms. The van der Waals surface area contributed by atoms with Gasteiger partial charge in [-0.25, -0.2) is 4.98 Å². The number of rotatable bonds is 4. The van der Waals surface area contributed by atoms with Crippen LogP contribution in [0.5, 0.6) is 11.5 Å². The number of nitrogens with zero attached hydrogens (tertiary/aromatic N) is 3. The highest BCUT2D eigenvalue weighted by Gasteiger charge is 2.02. The van der Waals surface area contributed by atoms with Crippen LogP contribution in [0.3, 0.4) is 0 Å². The Morgan fingerprint density at radius 1 is 1.41 bits per heavy atom. The van der Waals surface area contributed by atoms with E-state index in [-0.39, 0.29) is 4.99 Å². The van der Waals surface area contributed by atoms with Gasteiger partial charge in [-0.1, -0.05) is 12.2 Å². The van der Waals surface area contributed by atoms with Gasteiger partial charge < -0.3 is 10.5 Å². The second kappa shape index (κ2) is 4.92. The number of hydrogen-bond donors (Lipinski definition) is 1. The molecule has 2 rings (SSSR count). The van der Waals surface area contributed by atoms with E-state index in [2.05, 4.69) is 10.1 Å². The van der Waals surface area contributed by atoms with E-state index in [9.17, 15) is 0 Å². The third-order valence-electron chi connectivity index (χ3n) is 2.16. The van der Waals surface area contributed by atoms with Gasteiger partial charge in [-0.3, -0.25) is 4.68 Å². The first kappa shape index (κ1) is 11.5. The first-order valence-corrected chi connectivity index (χ1v) is 5.56. The van der Waals surface area contributed by atoms with E-state index in [1.54, 1.807) is 29.2 Å². The van der Waals surface area contributed by atoms with E-state index in [1.807, 2.05) is 13.1 Å². The van der Waals surface area contributed by atoms with Crippen LogP contribution in [-0.2, 0) is 6.54 Å². The first-order chi connectivity index (χ1) is 8.19. The van der Waals surface area contributed by atoms with Crippen LogP contribution in [-0.4, -0.2) is 19.8 Å². The average Bonchev–Trinajstić information content (AvgIpc) is 2.77. The van der Waals surface area contributed by atoms with Crippen LogP contribution in [0, 0.1) is 0 Å². The standard InChI is InChI=1S/C11H12N4OS/c1-2-15-7-9(6-14-15)16-8-3-4-10(11(12)17)13-5-8/h3-7H,2H2,1H3,(H2,12,17). The highest BCUT2D eigenvalue weighted by molar-refractivity contribution is 7.80. The molecule has 17 heavy (non-hydrogen) atoms. The maximum Gasteiger partial charge on any atom is 0.165 e. The first-order valence-electron chi connectivity index (χ1n) is 5.15. The zero-order valence-corrected chi connectivity index (χ0v) is 10.1. The predicted octanol–water partition coefficient (Wildman–Crippen LogP) is 1.72. The predicted molar refractivity (Wildman–Crippen MR) is 68.1 cm³/mol. The largest absolute Gasteiger partial charge is 0.452 e. The topological polar surface area (TPSA) is 66.0 Å². The van der Waals surface area contributed by atoms with E-state index in [0.29, 0.717) is 17.2 Å². The van der Waals surface area contributed by atoms with Crippen molar-refractivity contribution in [3.8, 4) is 11.5 Å². The van der Waals surface area contributed by atoms with Crippen LogP contribution in [0.25, 0.3) is 0 Å². The minimum Gasteiger partial charge on any atom is -0.452 e. The number of aryl methyl sites for hydroxylation is 1. The van der Waals surface area contributed by atoms with Crippen molar-refractivity contribution in [2.75, 3.05) is 0 Å². The Labute approximate surface area is 104 Å². The van der Waals surface area contributed by atoms with Crippen molar-refractivity contribution in [2.45, 2.75) is 13.5 Å². The van der Waals surface area contributed by atoms with Crippen LogP contribution < -0.4 is 10.5 Å². The minimum atomic E-state index is 0.273. The molecule has 0 aliphatic carbocycles. The lowest BCUT2D eigenvalue weighted by atomic mass is 10.3. The van der Waals surface area contributed by atoms with Gasteiger partial charge in [0, 0.05) is 6.54 Å². The summed E-state index contributed by atoms with van der Waals surface area (Å²) in [6.07, 6.45) is 5.06. The monoisotopic (exact) mass is 248 g/mol. The van der Waals surface area contributed by atoms with Gasteiger partial charge in [0.1, 0.15) is 10.7 Å². The second-order valence-electron chi connectivity index (χ2n) is 3.38. The molecule has 0 spiro atoms. The van der Waals surface area contributed by atoms with Gasteiger partial charge in [0.25, 0.3) is 0 Å². The van der Waals surface area contributed by atoms with Crippen molar-refractivity contribution >= 4 is 17.2 Å². The van der Waals surface area contributed by atoms with Crippen molar-refractivity contribution in [1.29, 1.82) is 0 Å². The summed E-state index contributed by atoms with van der Waals surface area (Å²) < 4.78 is 7.35. The fourth-order valence-electron chi connectivity index (χ4n) is 1.29. The van der Waals surface area contributed by atoms with Gasteiger partial charge in [-0.15, -0.1) is 0 Å². The Balaban J connectivity index is 2.10. The van der Waals surface area contributed by atoms with Crippen LogP contribution in [0.15, 0.2) is 30.7 Å². The van der Waals surface area contributed by atoms with E-state index < -0.39 is 0 Å². The molecule has 0 atom stereocenters. The van der Waals surface area contributed by atoms with Crippen LogP contribution in [0.4, 0.5) is 0 Å². The quantitative estimate of drug-likeness (QED) is 0.835. The van der Waals surface area contributed by atoms with E-state index in [4.69, 9.17) is 22.7 Å². The van der Waals surface area contributed by atoms with Crippen molar-refractivity contribution in [2.24, 2.45) is 5.73 Å². The van der Waals surface area contributed by atoms with Crippen molar-refractivity contribution in [3.63, 3.8) is 0 Å². The molecule has 2 aromatic rings. The summed E-state index contributed by atoms with van der Waals surface area (Å²) in [4.78, 5) is 4.36. The third-order valence-corrected chi connectivity index (χ3v) is 2.37. The normalized spacial score (nSPS) is 10.2. The van der Waals surface area contributed by atoms with E-state index >= 15 is 0 Å². The molecule has 0 unspecified atom stereocenters. The van der Waals surface area contributed by atoms with E-state index in [1.165, 1.54) is 0 Å². The van der Waals surface area contributed by atoms with Gasteiger partial charge in [0.05, 0.1) is 24.3 Å². The van der Waals surface area contributed by atoms with Gasteiger partial charge in [-0.05, 0) is 19.1 Å². The average molecular weight is 248 g/mol. The van der Waals surface area contributed by atoms with Gasteiger partial charge in [0.2, 0.25) is 0 Å². The Morgan fingerprint density at radius 2 is 2.24 bits per heavy atom. The molecule has 0 saturated heterocycles. The molecule has 0 aromatic carbocycles. The molecule has 2 N–H and O–H groups in total. The fraction of sp³-hybridized carbons (Fsp3) is 0.182. The molecule has 88 valence electrons. The summed E-state index contributed by atoms with van der Waals surface area (Å²) in [5.74, 6) is 1.30. The minimum absolute atomic E-state index is 0.273. The van der Waals surface area contributed by atoms with Crippen molar-refractivity contribution < 1.29 is 4.74 Å². The molecule has 2 aromatic heterocycles. The zero-order chi connectivity index (χ0) is 12.3. The lowest BCUT2D eigenvalue weighted by molar-refractivity contribution is 0.479. The number of ether oxygens (including phenoxy) is 1. The van der Waals surface area contributed by atoms with Gasteiger partial charge in [0.15, 0.2) is 5.75 Å². The molecule has 2 heterocycles. The van der Waals surface area contributed by atoms with Crippen molar-refractivity contribution in [3.05, 3.63) is 36.4 Å². The highest BCUT2D eigenvalue weighted by Crippen LogP contribution is 2.19. The fourth-order valence-corrected chi connectivity index (χ4v) is 1.41. The number of hydrogen-bond acceptors (Lipinski definition) is 4. The Hall–Kier alpha value is -1.95. The Kier molecular flexibility index (Phi) is 3.34. The van der Waals surface area contributed by atoms with Gasteiger partial charge >= 0.3 is 0 Å². The number of thiocarbonyl (C=S) groups is 1. The molecule has 5 nitrogen and oxygen atoms in total. The molecule has 6 heteroatoms. The molecule has 0 aliphatic heterocycles. The summed E-state index contributed by atoms with van der Waals surface area (Å²) in [5, 5.41) is 4.11. The Morgan fingerprint density at radius 3 is 2.76 bits per heavy atom. The highest BCUT2D eigenvalue weighted by atomic mass is 32.1. The number of aromatic nitrogens is 3. The molecular weight excluding hydrogens is 236 g/mol. The van der Waals surface area contributed by atoms with E-state index in [0.717, 1.165) is 6.54 Å². The molecule has 0 aliphatic rings. The summed E-state index contributed by atoms with van der Waals surface area (Å²) in [6.45, 7) is 2.82. The van der Waals surface area contributed by atoms with Crippen molar-refractivity contribution in [1.82, 2.24) is 14.8 Å². The molecule has 0 amide bonds. The Bertz CT molecular complexity index is 521. The van der Waals surface area contributed by atoms with Crippen LogP contribution in [0.1, 0.15) is 12.6 Å². The summed E-state index contributed by atoms with van der Waals surface area (Å²) in [7, 11) is 0. The second-order valence-corrected chi connectivity index (χ2v) is 3.82. The lowest BCUT2D eigenvalue weighted by Crippen LogP contribution is -2.10. The maximum atomic E-state index is 5.57. The molecular formula is C11H12N4OS. The zero-order valence-electron chi connectivity index (χ0n) is 9.33. The summed E-state index contributed by atoms with van der Waals surface area (Å²) in [6, 6.07) is 3.49. The molecule has 0 saturated carbocycles. The SMILES string of the molecule is CCn1cc(Oc2ccc(C(N)=S)nc2)cn1. The smallest absolute Gasteiger partial charge is 0.165 e. The van der Waals surface area contributed by atoms with Crippen LogP contribution in [0.2, 0.25) is 0 Å². The van der Waals surface area contributed by atoms with Crippen LogP contribution >= 0.6 is 12.2 Å². The van der Waals surface area contributed by atoms with Gasteiger partial charge in [-0.2, -0.15) is 5.10 Å². The third kappa shape index (κ3) is 2.79. The maximum absolute atomic E-state index is 5.57. The lowest BCUT2D eigenvalue weighted by Gasteiger charge is -2.02.